The van der Waals surface area contributed by atoms with Crippen molar-refractivity contribution in [3.05, 3.63) is 65.7 Å². The molecule has 1 fully saturated rings. The van der Waals surface area contributed by atoms with Gasteiger partial charge in [-0.25, -0.2) is 15.5 Å². The van der Waals surface area contributed by atoms with E-state index < -0.39 is 102 Å². The van der Waals surface area contributed by atoms with Crippen molar-refractivity contribution >= 4 is 53.3 Å². The second kappa shape index (κ2) is 35.6. The summed E-state index contributed by atoms with van der Waals surface area (Å²) in [7, 11) is 6.13. The van der Waals surface area contributed by atoms with Crippen molar-refractivity contribution in [3.63, 3.8) is 0 Å². The molecule has 9 amide bonds. The minimum atomic E-state index is -1.05. The van der Waals surface area contributed by atoms with Crippen LogP contribution >= 0.6 is 0 Å². The number of amides is 9. The van der Waals surface area contributed by atoms with Crippen molar-refractivity contribution in [2.75, 3.05) is 53.3 Å². The molecule has 10 N–H and O–H groups in total. The molecule has 2 aromatic carbocycles. The number of hydrogen-bond acceptors (Lipinski definition) is 14. The lowest BCUT2D eigenvalue weighted by atomic mass is 9.89. The number of anilines is 1. The molecule has 0 aliphatic carbocycles. The topological polar surface area (TPSA) is 316 Å². The van der Waals surface area contributed by atoms with Crippen LogP contribution in [0, 0.1) is 23.7 Å². The lowest BCUT2D eigenvalue weighted by Gasteiger charge is -2.41. The predicted molar refractivity (Wildman–Crippen MR) is 311 cm³/mol. The summed E-state index contributed by atoms with van der Waals surface area (Å²) >= 11 is 0. The standard InChI is InChI=1S/C59H96N10O13/c1-13-38(6)51(46(79-11)34-48(71)69-32-21-25-45(69)53(80-12)39(7)54(73)63-40(8)52(72)42-22-16-14-17-23-42)67(9)57(76)49(36(2)3)66-56(75)50(37(4)5)68(10)59(78)81-35-41-27-29-43(30-28-41)64-55(74)44(24-20-31-62-58(60)77)65-47(70)26-18-15-19-33-82-61/h14,16-17,22-23,27-30,36-40,44-46,49-53,72H,13,15,18-21,24-26,31-35,61H2,1-12H3,(H,63,73)(H,64,74)(H,65,70)(H,66,75)(H3,60,62,77)/t38-,39+,40+,44-,45-,46+,49-,50-,51?,52+,53+/m0/s1. The molecule has 82 heavy (non-hydrogen) atoms. The zero-order chi connectivity index (χ0) is 61.2. The van der Waals surface area contributed by atoms with E-state index in [2.05, 4.69) is 31.4 Å². The Morgan fingerprint density at radius 2 is 1.46 bits per heavy atom. The molecule has 1 unspecified atom stereocenters. The highest BCUT2D eigenvalue weighted by atomic mass is 16.6. The number of carbonyl (C=O) groups excluding carboxylic acids is 8. The predicted octanol–water partition coefficient (Wildman–Crippen LogP) is 4.90. The maximum atomic E-state index is 14.7. The zero-order valence-corrected chi connectivity index (χ0v) is 50.4. The second-order valence-electron chi connectivity index (χ2n) is 22.2. The third-order valence-corrected chi connectivity index (χ3v) is 15.4. The van der Waals surface area contributed by atoms with Crippen molar-refractivity contribution in [2.45, 2.75) is 181 Å². The molecule has 460 valence electrons. The van der Waals surface area contributed by atoms with Gasteiger partial charge >= 0.3 is 12.1 Å². The lowest BCUT2D eigenvalue weighted by Crippen LogP contribution is -2.60. The van der Waals surface area contributed by atoms with Gasteiger partial charge in [-0.15, -0.1) is 0 Å². The van der Waals surface area contributed by atoms with Crippen LogP contribution < -0.4 is 38.2 Å². The average Bonchev–Trinajstić information content (AvgIpc) is 3.98. The van der Waals surface area contributed by atoms with E-state index in [1.165, 1.54) is 26.2 Å². The summed E-state index contributed by atoms with van der Waals surface area (Å²) in [5.74, 6) is 1.15. The number of likely N-dealkylation sites (N-methyl/N-ethyl adjacent to an activating group) is 2. The summed E-state index contributed by atoms with van der Waals surface area (Å²) in [6.45, 7) is 15.5. The Balaban J connectivity index is 1.68. The van der Waals surface area contributed by atoms with E-state index in [0.29, 0.717) is 74.9 Å². The number of nitrogens with one attached hydrogen (secondary N) is 5. The molecule has 0 saturated carbocycles. The fourth-order valence-corrected chi connectivity index (χ4v) is 10.6. The Kier molecular flexibility index (Phi) is 30.3. The Labute approximate surface area is 485 Å². The molecule has 3 rings (SSSR count). The monoisotopic (exact) mass is 1150 g/mol. The van der Waals surface area contributed by atoms with Gasteiger partial charge in [0.05, 0.1) is 55.4 Å². The maximum Gasteiger partial charge on any atom is 0.410 e. The number of ether oxygens (including phenoxy) is 3. The molecule has 0 radical (unpaired) electrons. The van der Waals surface area contributed by atoms with E-state index >= 15 is 0 Å². The van der Waals surface area contributed by atoms with Gasteiger partial charge < -0.3 is 66.3 Å². The van der Waals surface area contributed by atoms with Crippen molar-refractivity contribution < 1.29 is 62.5 Å². The molecular weight excluding hydrogens is 1060 g/mol. The minimum absolute atomic E-state index is 0.0749. The van der Waals surface area contributed by atoms with Gasteiger partial charge in [-0.1, -0.05) is 104 Å². The van der Waals surface area contributed by atoms with Crippen LogP contribution in [0.25, 0.3) is 0 Å². The van der Waals surface area contributed by atoms with E-state index in [-0.39, 0.29) is 56.1 Å². The normalized spacial score (nSPS) is 17.0. The van der Waals surface area contributed by atoms with E-state index in [0.717, 1.165) is 0 Å². The first kappa shape index (κ1) is 69.9. The number of urea groups is 1. The quantitative estimate of drug-likeness (QED) is 0.0336. The lowest BCUT2D eigenvalue weighted by molar-refractivity contribution is -0.148. The van der Waals surface area contributed by atoms with Crippen molar-refractivity contribution in [2.24, 2.45) is 35.3 Å². The van der Waals surface area contributed by atoms with Gasteiger partial charge in [0.1, 0.15) is 24.7 Å². The summed E-state index contributed by atoms with van der Waals surface area (Å²) in [6.07, 6.45) is 1.51. The number of carbonyl (C=O) groups is 8. The van der Waals surface area contributed by atoms with Crippen LogP contribution in [0.15, 0.2) is 54.6 Å². The first-order valence-corrected chi connectivity index (χ1v) is 28.8. The third kappa shape index (κ3) is 21.4. The summed E-state index contributed by atoms with van der Waals surface area (Å²) in [6, 6.07) is 10.3. The molecule has 1 aliphatic rings. The van der Waals surface area contributed by atoms with Crippen LogP contribution in [0.4, 0.5) is 15.3 Å². The smallest absolute Gasteiger partial charge is 0.410 e. The molecule has 0 aromatic heterocycles. The molecule has 23 heteroatoms. The summed E-state index contributed by atoms with van der Waals surface area (Å²) in [4.78, 5) is 117. The van der Waals surface area contributed by atoms with Gasteiger partial charge in [0.2, 0.25) is 35.4 Å². The highest BCUT2D eigenvalue weighted by Gasteiger charge is 2.44. The van der Waals surface area contributed by atoms with Gasteiger partial charge in [0.25, 0.3) is 0 Å². The molecule has 1 heterocycles. The molecule has 2 aromatic rings. The molecule has 0 spiro atoms. The molecule has 1 aliphatic heterocycles. The molecule has 1 saturated heterocycles. The van der Waals surface area contributed by atoms with E-state index in [9.17, 15) is 43.5 Å². The van der Waals surface area contributed by atoms with Crippen LogP contribution in [0.2, 0.25) is 0 Å². The number of nitrogens with zero attached hydrogens (tertiary/aromatic N) is 3. The van der Waals surface area contributed by atoms with Crippen molar-refractivity contribution in [1.82, 2.24) is 36.0 Å². The molecular formula is C59H96N10O13. The number of primary amides is 1. The number of rotatable bonds is 35. The fraction of sp³-hybridized carbons (Fsp3) is 0.661. The second-order valence-corrected chi connectivity index (χ2v) is 22.2. The number of likely N-dealkylation sites (tertiary alicyclic amines) is 1. The van der Waals surface area contributed by atoms with E-state index in [1.807, 2.05) is 45.9 Å². The first-order chi connectivity index (χ1) is 38.9. The minimum Gasteiger partial charge on any atom is -0.445 e. The van der Waals surface area contributed by atoms with Crippen LogP contribution in [0.3, 0.4) is 0 Å². The molecule has 0 bridgehead atoms. The van der Waals surface area contributed by atoms with Crippen LogP contribution in [-0.2, 0) is 54.4 Å². The highest BCUT2D eigenvalue weighted by Crippen LogP contribution is 2.30. The van der Waals surface area contributed by atoms with Gasteiger partial charge in [-0.05, 0) is 86.5 Å². The average molecular weight is 1150 g/mol. The Morgan fingerprint density at radius 1 is 0.793 bits per heavy atom. The molecule has 23 nitrogen and oxygen atoms in total. The van der Waals surface area contributed by atoms with Gasteiger partial charge in [0, 0.05) is 53.5 Å². The fourth-order valence-electron chi connectivity index (χ4n) is 10.6. The zero-order valence-electron chi connectivity index (χ0n) is 50.4. The number of aliphatic hydroxyl groups is 1. The van der Waals surface area contributed by atoms with Gasteiger partial charge in [0.15, 0.2) is 0 Å². The Morgan fingerprint density at radius 3 is 2.05 bits per heavy atom. The van der Waals surface area contributed by atoms with Crippen molar-refractivity contribution in [3.8, 4) is 0 Å². The van der Waals surface area contributed by atoms with Gasteiger partial charge in [-0.3, -0.25) is 33.7 Å². The van der Waals surface area contributed by atoms with Crippen LogP contribution in [-0.4, -0.2) is 164 Å². The van der Waals surface area contributed by atoms with Crippen LogP contribution in [0.5, 0.6) is 0 Å². The third-order valence-electron chi connectivity index (χ3n) is 15.4. The Bertz CT molecular complexity index is 2330. The summed E-state index contributed by atoms with van der Waals surface area (Å²) < 4.78 is 17.7. The number of benzene rings is 2. The largest absolute Gasteiger partial charge is 0.445 e. The van der Waals surface area contributed by atoms with E-state index in [4.69, 9.17) is 25.8 Å². The Hall–Kier alpha value is -6.40. The molecule has 11 atom stereocenters. The number of hydrogen-bond donors (Lipinski definition) is 8. The van der Waals surface area contributed by atoms with Gasteiger partial charge in [-0.2, -0.15) is 0 Å². The number of aliphatic hydroxyl groups excluding tert-OH is 1. The van der Waals surface area contributed by atoms with E-state index in [1.54, 1.807) is 80.9 Å². The van der Waals surface area contributed by atoms with Crippen molar-refractivity contribution in [1.29, 1.82) is 0 Å². The number of nitrogens with two attached hydrogens (primary N) is 2. The maximum absolute atomic E-state index is 14.7. The summed E-state index contributed by atoms with van der Waals surface area (Å²) in [5, 5.41) is 24.9. The highest BCUT2D eigenvalue weighted by molar-refractivity contribution is 5.97. The number of methoxy groups -OCH3 is 2. The SMILES string of the molecule is CC[C@H](C)C([C@@H](CC(=O)N1CCC[C@H]1[C@H](OC)[C@@H](C)C(=O)N[C@H](C)[C@@H](O)c1ccccc1)OC)N(C)C(=O)[C@@H](NC(=O)[C@H](C(C)C)N(C)C(=O)OCc1ccc(NC(=O)[C@H](CCCNC(N)=O)NC(=O)CCCCCON)cc1)C(C)C. The van der Waals surface area contributed by atoms with Crippen LogP contribution in [0.1, 0.15) is 137 Å². The number of unbranched alkanes of at least 4 members (excludes halogenated alkanes) is 2. The summed E-state index contributed by atoms with van der Waals surface area (Å²) in [5.41, 5.74) is 6.85. The first-order valence-electron chi connectivity index (χ1n) is 28.8.